The molecule has 5 nitrogen and oxygen atoms in total. The predicted molar refractivity (Wildman–Crippen MR) is 96.8 cm³/mol. The van der Waals surface area contributed by atoms with Gasteiger partial charge in [-0.1, -0.05) is 0 Å². The van der Waals surface area contributed by atoms with E-state index in [9.17, 15) is 4.79 Å². The maximum Gasteiger partial charge on any atom is 0.231 e. The van der Waals surface area contributed by atoms with Gasteiger partial charge in [0.1, 0.15) is 0 Å². The number of thiazole rings is 1. The van der Waals surface area contributed by atoms with Crippen LogP contribution in [-0.2, 0) is 0 Å². The highest BCUT2D eigenvalue weighted by Gasteiger charge is 2.15. The Hall–Kier alpha value is -2.86. The summed E-state index contributed by atoms with van der Waals surface area (Å²) in [5, 5.41) is 2.88. The van der Waals surface area contributed by atoms with E-state index in [2.05, 4.69) is 15.6 Å². The van der Waals surface area contributed by atoms with Crippen LogP contribution in [-0.4, -0.2) is 22.1 Å². The van der Waals surface area contributed by atoms with Crippen LogP contribution < -0.4 is 9.47 Å². The van der Waals surface area contributed by atoms with E-state index >= 15 is 0 Å². The molecule has 2 aromatic heterocycles. The molecule has 4 rings (SSSR count). The molecule has 0 saturated carbocycles. The van der Waals surface area contributed by atoms with Crippen molar-refractivity contribution in [3.8, 4) is 16.6 Å². The van der Waals surface area contributed by atoms with Gasteiger partial charge in [-0.2, -0.15) is 0 Å². The fourth-order valence-corrected chi connectivity index (χ4v) is 3.64. The predicted octanol–water partition coefficient (Wildman–Crippen LogP) is 4.18. The Balaban J connectivity index is 1.60. The average molecular weight is 352 g/mol. The zero-order valence-corrected chi connectivity index (χ0v) is 14.7. The van der Waals surface area contributed by atoms with E-state index in [0.29, 0.717) is 17.1 Å². The number of carbonyl (C=O) groups excluding carboxylic acids is 1. The molecular formula is C19H16N2O3S. The summed E-state index contributed by atoms with van der Waals surface area (Å²) in [6.07, 6.45) is 5.22. The number of ether oxygens (including phenoxy) is 2. The Morgan fingerprint density at radius 2 is 2.08 bits per heavy atom. The molecule has 0 bridgehead atoms. The Kier molecular flexibility index (Phi) is 3.89. The van der Waals surface area contributed by atoms with Gasteiger partial charge in [0.15, 0.2) is 22.4 Å². The smallest absolute Gasteiger partial charge is 0.231 e. The molecule has 25 heavy (non-hydrogen) atoms. The number of ketones is 1. The number of aryl methyl sites for hydroxylation is 1. The number of aromatic nitrogens is 2. The number of rotatable bonds is 4. The van der Waals surface area contributed by atoms with Crippen molar-refractivity contribution in [3.05, 3.63) is 64.4 Å². The molecule has 1 aliphatic heterocycles. The third-order valence-electron chi connectivity index (χ3n) is 4.15. The van der Waals surface area contributed by atoms with Crippen molar-refractivity contribution in [2.24, 2.45) is 0 Å². The number of carbonyl (C=O) groups is 1. The molecule has 3 aromatic rings. The van der Waals surface area contributed by atoms with E-state index in [0.717, 1.165) is 22.1 Å². The summed E-state index contributed by atoms with van der Waals surface area (Å²) in [7, 11) is 0. The summed E-state index contributed by atoms with van der Waals surface area (Å²) in [5.41, 5.74) is 3.72. The molecule has 0 saturated heterocycles. The molecule has 0 spiro atoms. The maximum atomic E-state index is 12.4. The topological polar surface area (TPSA) is 53.4 Å². The zero-order valence-electron chi connectivity index (χ0n) is 13.9. The average Bonchev–Trinajstić information content (AvgIpc) is 3.32. The van der Waals surface area contributed by atoms with Crippen LogP contribution in [0, 0.1) is 13.8 Å². The third-order valence-corrected chi connectivity index (χ3v) is 4.91. The summed E-state index contributed by atoms with van der Waals surface area (Å²) >= 11 is 1.59. The van der Waals surface area contributed by atoms with Crippen molar-refractivity contribution in [1.82, 2.24) is 9.55 Å². The van der Waals surface area contributed by atoms with Crippen molar-refractivity contribution in [2.45, 2.75) is 13.8 Å². The Labute approximate surface area is 149 Å². The first-order valence-electron chi connectivity index (χ1n) is 7.84. The van der Waals surface area contributed by atoms with Gasteiger partial charge in [0.05, 0.1) is 0 Å². The van der Waals surface area contributed by atoms with E-state index in [1.807, 2.05) is 25.3 Å². The quantitative estimate of drug-likeness (QED) is 0.522. The number of hydrogen-bond acceptors (Lipinski definition) is 5. The van der Waals surface area contributed by atoms with Gasteiger partial charge in [0.2, 0.25) is 6.79 Å². The molecule has 0 amide bonds. The molecule has 6 heteroatoms. The van der Waals surface area contributed by atoms with Crippen LogP contribution in [0.3, 0.4) is 0 Å². The minimum Gasteiger partial charge on any atom is -0.454 e. The second-order valence-corrected chi connectivity index (χ2v) is 6.62. The first-order chi connectivity index (χ1) is 12.1. The van der Waals surface area contributed by atoms with E-state index in [1.165, 1.54) is 0 Å². The molecule has 0 aliphatic carbocycles. The minimum absolute atomic E-state index is 0.0719. The van der Waals surface area contributed by atoms with Gasteiger partial charge in [0.25, 0.3) is 0 Å². The number of fused-ring (bicyclic) bond motifs is 1. The maximum absolute atomic E-state index is 12.4. The lowest BCUT2D eigenvalue weighted by Gasteiger charge is -2.04. The monoisotopic (exact) mass is 352 g/mol. The summed E-state index contributed by atoms with van der Waals surface area (Å²) in [6, 6.07) is 7.28. The SMILES string of the molecule is Cc1cc(/C=C/C(=O)c2ccc3c(c2)OCO3)c(C)n1-c1nccs1. The van der Waals surface area contributed by atoms with E-state index < -0.39 is 0 Å². The van der Waals surface area contributed by atoms with Gasteiger partial charge in [-0.05, 0) is 55.8 Å². The van der Waals surface area contributed by atoms with Crippen LogP contribution in [0.5, 0.6) is 11.5 Å². The standard InChI is InChI=1S/C19H16N2O3S/c1-12-9-14(13(2)21(12)19-20-7-8-25-19)3-5-16(22)15-4-6-17-18(10-15)24-11-23-17/h3-10H,11H2,1-2H3/b5-3+. The number of allylic oxidation sites excluding steroid dienone is 1. The van der Waals surface area contributed by atoms with Crippen LogP contribution in [0.15, 0.2) is 41.9 Å². The number of benzene rings is 1. The second kappa shape index (κ2) is 6.22. The number of nitrogens with zero attached hydrogens (tertiary/aromatic N) is 2. The first kappa shape index (κ1) is 15.7. The van der Waals surface area contributed by atoms with Crippen LogP contribution in [0.1, 0.15) is 27.3 Å². The Morgan fingerprint density at radius 3 is 2.88 bits per heavy atom. The van der Waals surface area contributed by atoms with E-state index in [1.54, 1.807) is 41.8 Å². The molecule has 126 valence electrons. The molecule has 0 fully saturated rings. The lowest BCUT2D eigenvalue weighted by molar-refractivity contribution is 0.104. The largest absolute Gasteiger partial charge is 0.454 e. The van der Waals surface area contributed by atoms with Gasteiger partial charge >= 0.3 is 0 Å². The fourth-order valence-electron chi connectivity index (χ4n) is 2.89. The van der Waals surface area contributed by atoms with Crippen molar-refractivity contribution >= 4 is 23.2 Å². The van der Waals surface area contributed by atoms with Gasteiger partial charge < -0.3 is 9.47 Å². The van der Waals surface area contributed by atoms with E-state index in [4.69, 9.17) is 9.47 Å². The van der Waals surface area contributed by atoms with Crippen molar-refractivity contribution in [2.75, 3.05) is 6.79 Å². The number of hydrogen-bond donors (Lipinski definition) is 0. The zero-order chi connectivity index (χ0) is 17.4. The highest BCUT2D eigenvalue weighted by atomic mass is 32.1. The molecule has 0 unspecified atom stereocenters. The summed E-state index contributed by atoms with van der Waals surface area (Å²) < 4.78 is 12.7. The lowest BCUT2D eigenvalue weighted by Crippen LogP contribution is -1.98. The molecule has 0 N–H and O–H groups in total. The molecule has 0 radical (unpaired) electrons. The van der Waals surface area contributed by atoms with Gasteiger partial charge in [-0.25, -0.2) is 4.98 Å². The Morgan fingerprint density at radius 1 is 1.24 bits per heavy atom. The second-order valence-electron chi connectivity index (χ2n) is 5.74. The molecule has 3 heterocycles. The molecule has 0 atom stereocenters. The summed E-state index contributed by atoms with van der Waals surface area (Å²) in [6.45, 7) is 4.26. The fraction of sp³-hybridized carbons (Fsp3) is 0.158. The van der Waals surface area contributed by atoms with Crippen LogP contribution >= 0.6 is 11.3 Å². The normalized spacial score (nSPS) is 12.9. The van der Waals surface area contributed by atoms with Crippen LogP contribution in [0.4, 0.5) is 0 Å². The summed E-state index contributed by atoms with van der Waals surface area (Å²) in [4.78, 5) is 16.8. The van der Waals surface area contributed by atoms with E-state index in [-0.39, 0.29) is 12.6 Å². The van der Waals surface area contributed by atoms with Crippen molar-refractivity contribution in [3.63, 3.8) is 0 Å². The van der Waals surface area contributed by atoms with Gasteiger partial charge in [-0.15, -0.1) is 11.3 Å². The van der Waals surface area contributed by atoms with Crippen LogP contribution in [0.25, 0.3) is 11.2 Å². The molecular weight excluding hydrogens is 336 g/mol. The minimum atomic E-state index is -0.0719. The Bertz CT molecular complexity index is 971. The molecule has 1 aromatic carbocycles. The van der Waals surface area contributed by atoms with Crippen molar-refractivity contribution < 1.29 is 14.3 Å². The highest BCUT2D eigenvalue weighted by Crippen LogP contribution is 2.32. The van der Waals surface area contributed by atoms with Crippen LogP contribution in [0.2, 0.25) is 0 Å². The third kappa shape index (κ3) is 2.85. The van der Waals surface area contributed by atoms with Crippen molar-refractivity contribution in [1.29, 1.82) is 0 Å². The van der Waals surface area contributed by atoms with Gasteiger partial charge in [-0.3, -0.25) is 9.36 Å². The lowest BCUT2D eigenvalue weighted by atomic mass is 10.1. The first-order valence-corrected chi connectivity index (χ1v) is 8.72. The summed E-state index contributed by atoms with van der Waals surface area (Å²) in [5.74, 6) is 1.21. The highest BCUT2D eigenvalue weighted by molar-refractivity contribution is 7.12. The van der Waals surface area contributed by atoms with Gasteiger partial charge in [0, 0.05) is 28.5 Å². The molecule has 1 aliphatic rings.